The molecule has 0 radical (unpaired) electrons. The molecule has 2 unspecified atom stereocenters. The summed E-state index contributed by atoms with van der Waals surface area (Å²) < 4.78 is 26.9. The van der Waals surface area contributed by atoms with E-state index >= 15 is 0 Å². The molecule has 1 aromatic rings. The molecule has 0 fully saturated rings. The highest BCUT2D eigenvalue weighted by Gasteiger charge is 2.17. The van der Waals surface area contributed by atoms with Gasteiger partial charge in [0.25, 0.3) is 0 Å². The van der Waals surface area contributed by atoms with Gasteiger partial charge in [-0.05, 0) is 36.4 Å². The summed E-state index contributed by atoms with van der Waals surface area (Å²) in [4.78, 5) is 0. The SMILES string of the molecule is CCCC(C)CP(CC)c1cc(F)ccc1F. The van der Waals surface area contributed by atoms with Gasteiger partial charge in [0.1, 0.15) is 11.6 Å². The lowest BCUT2D eigenvalue weighted by Gasteiger charge is -2.21. The summed E-state index contributed by atoms with van der Waals surface area (Å²) in [5.41, 5.74) is 0. The molecule has 0 aliphatic carbocycles. The van der Waals surface area contributed by atoms with Crippen LogP contribution < -0.4 is 5.30 Å². The third-order valence-corrected chi connectivity index (χ3v) is 5.80. The Bertz CT molecular complexity index is 352. The van der Waals surface area contributed by atoms with Crippen LogP contribution in [0, 0.1) is 17.6 Å². The van der Waals surface area contributed by atoms with Crippen molar-refractivity contribution in [2.75, 3.05) is 12.3 Å². The lowest BCUT2D eigenvalue weighted by molar-refractivity contribution is 0.581. The molecule has 0 nitrogen and oxygen atoms in total. The van der Waals surface area contributed by atoms with Crippen LogP contribution in [0.15, 0.2) is 18.2 Å². The van der Waals surface area contributed by atoms with Gasteiger partial charge in [0.15, 0.2) is 0 Å². The highest BCUT2D eigenvalue weighted by molar-refractivity contribution is 7.65. The van der Waals surface area contributed by atoms with Crippen molar-refractivity contribution in [3.8, 4) is 0 Å². The molecule has 0 aromatic heterocycles. The monoisotopic (exact) mass is 258 g/mol. The molecule has 0 aliphatic rings. The molecule has 0 spiro atoms. The summed E-state index contributed by atoms with van der Waals surface area (Å²) >= 11 is 0. The number of hydrogen-bond donors (Lipinski definition) is 0. The summed E-state index contributed by atoms with van der Waals surface area (Å²) in [5.74, 6) is 0.0160. The van der Waals surface area contributed by atoms with Gasteiger partial charge in [-0.2, -0.15) is 0 Å². The Kier molecular flexibility index (Phi) is 6.05. The van der Waals surface area contributed by atoms with Crippen molar-refractivity contribution < 1.29 is 8.78 Å². The van der Waals surface area contributed by atoms with Crippen molar-refractivity contribution in [3.63, 3.8) is 0 Å². The maximum absolute atomic E-state index is 13.7. The second-order valence-corrected chi connectivity index (χ2v) is 7.09. The number of benzene rings is 1. The highest BCUT2D eigenvalue weighted by Crippen LogP contribution is 2.38. The van der Waals surface area contributed by atoms with Crippen molar-refractivity contribution in [2.45, 2.75) is 33.6 Å². The molecule has 17 heavy (non-hydrogen) atoms. The van der Waals surface area contributed by atoms with E-state index in [-0.39, 0.29) is 11.6 Å². The average Bonchev–Trinajstić information content (AvgIpc) is 2.30. The second kappa shape index (κ2) is 7.06. The van der Waals surface area contributed by atoms with Crippen molar-refractivity contribution in [2.24, 2.45) is 5.92 Å². The zero-order valence-electron chi connectivity index (χ0n) is 10.8. The van der Waals surface area contributed by atoms with E-state index in [1.54, 1.807) is 0 Å². The van der Waals surface area contributed by atoms with Crippen LogP contribution in [0.4, 0.5) is 8.78 Å². The summed E-state index contributed by atoms with van der Waals surface area (Å²) in [6, 6.07) is 3.82. The molecule has 96 valence electrons. The molecule has 3 heteroatoms. The third kappa shape index (κ3) is 4.35. The quantitative estimate of drug-likeness (QED) is 0.658. The Morgan fingerprint density at radius 1 is 1.24 bits per heavy atom. The largest absolute Gasteiger partial charge is 0.207 e. The molecule has 2 atom stereocenters. The normalized spacial score (nSPS) is 14.6. The Hall–Kier alpha value is -0.490. The third-order valence-electron chi connectivity index (χ3n) is 2.94. The topological polar surface area (TPSA) is 0 Å². The fourth-order valence-electron chi connectivity index (χ4n) is 2.09. The minimum absolute atomic E-state index is 0.247. The van der Waals surface area contributed by atoms with Gasteiger partial charge in [-0.25, -0.2) is 8.78 Å². The van der Waals surface area contributed by atoms with E-state index in [4.69, 9.17) is 0 Å². The minimum atomic E-state index is -0.557. The van der Waals surface area contributed by atoms with Gasteiger partial charge >= 0.3 is 0 Å². The summed E-state index contributed by atoms with van der Waals surface area (Å²) in [6.07, 6.45) is 4.24. The predicted molar refractivity (Wildman–Crippen MR) is 72.4 cm³/mol. The molecular formula is C14H21F2P. The molecule has 1 aromatic carbocycles. The van der Waals surface area contributed by atoms with E-state index in [1.807, 2.05) is 0 Å². The molecule has 0 saturated carbocycles. The number of rotatable bonds is 6. The molecule has 0 aliphatic heterocycles. The lowest BCUT2D eigenvalue weighted by Crippen LogP contribution is -2.14. The van der Waals surface area contributed by atoms with Gasteiger partial charge in [-0.3, -0.25) is 0 Å². The van der Waals surface area contributed by atoms with E-state index in [2.05, 4.69) is 20.8 Å². The van der Waals surface area contributed by atoms with Crippen molar-refractivity contribution >= 4 is 13.2 Å². The molecular weight excluding hydrogens is 237 g/mol. The van der Waals surface area contributed by atoms with Crippen molar-refractivity contribution in [1.82, 2.24) is 0 Å². The lowest BCUT2D eigenvalue weighted by atomic mass is 10.1. The van der Waals surface area contributed by atoms with Gasteiger partial charge < -0.3 is 0 Å². The van der Waals surface area contributed by atoms with E-state index in [9.17, 15) is 8.78 Å². The summed E-state index contributed by atoms with van der Waals surface area (Å²) in [6.45, 7) is 6.42. The predicted octanol–water partition coefficient (Wildman–Crippen LogP) is 4.53. The van der Waals surface area contributed by atoms with Crippen LogP contribution in [0.2, 0.25) is 0 Å². The maximum Gasteiger partial charge on any atom is 0.131 e. The van der Waals surface area contributed by atoms with Crippen LogP contribution in [0.25, 0.3) is 0 Å². The van der Waals surface area contributed by atoms with Crippen molar-refractivity contribution in [3.05, 3.63) is 29.8 Å². The standard InChI is InChI=1S/C14H21F2P/c1-4-6-11(3)10-17(5-2)14-9-12(15)7-8-13(14)16/h7-9,11H,4-6,10H2,1-3H3. The van der Waals surface area contributed by atoms with Crippen LogP contribution in [-0.2, 0) is 0 Å². The second-order valence-electron chi connectivity index (χ2n) is 4.53. The highest BCUT2D eigenvalue weighted by atomic mass is 31.1. The Labute approximate surface area is 104 Å². The van der Waals surface area contributed by atoms with Crippen LogP contribution in [0.5, 0.6) is 0 Å². The van der Waals surface area contributed by atoms with Crippen LogP contribution in [0.3, 0.4) is 0 Å². The number of hydrogen-bond acceptors (Lipinski definition) is 0. The molecule has 0 heterocycles. The van der Waals surface area contributed by atoms with Crippen LogP contribution in [-0.4, -0.2) is 12.3 Å². The van der Waals surface area contributed by atoms with Gasteiger partial charge in [0, 0.05) is 5.30 Å². The summed E-state index contributed by atoms with van der Waals surface area (Å²) in [7, 11) is -0.557. The fourth-order valence-corrected chi connectivity index (χ4v) is 4.50. The van der Waals surface area contributed by atoms with Gasteiger partial charge in [0.2, 0.25) is 0 Å². The van der Waals surface area contributed by atoms with Crippen LogP contribution >= 0.6 is 7.92 Å². The van der Waals surface area contributed by atoms with Gasteiger partial charge in [-0.1, -0.05) is 41.5 Å². The van der Waals surface area contributed by atoms with E-state index in [1.165, 1.54) is 18.2 Å². The zero-order valence-corrected chi connectivity index (χ0v) is 11.7. The first-order valence-corrected chi connectivity index (χ1v) is 7.99. The summed E-state index contributed by atoms with van der Waals surface area (Å²) in [5, 5.41) is 0.602. The minimum Gasteiger partial charge on any atom is -0.207 e. The first-order chi connectivity index (χ1) is 8.08. The molecule has 1 rings (SSSR count). The molecule has 0 saturated heterocycles. The first-order valence-electron chi connectivity index (χ1n) is 6.28. The average molecular weight is 258 g/mol. The van der Waals surface area contributed by atoms with E-state index in [0.29, 0.717) is 11.2 Å². The Morgan fingerprint density at radius 3 is 2.53 bits per heavy atom. The maximum atomic E-state index is 13.7. The Morgan fingerprint density at radius 2 is 1.94 bits per heavy atom. The van der Waals surface area contributed by atoms with Crippen LogP contribution in [0.1, 0.15) is 33.6 Å². The fraction of sp³-hybridized carbons (Fsp3) is 0.571. The van der Waals surface area contributed by atoms with Crippen molar-refractivity contribution in [1.29, 1.82) is 0 Å². The number of halogens is 2. The smallest absolute Gasteiger partial charge is 0.131 e. The molecule has 0 amide bonds. The van der Waals surface area contributed by atoms with Gasteiger partial charge in [-0.15, -0.1) is 0 Å². The molecule has 0 N–H and O–H groups in total. The molecule has 0 bridgehead atoms. The van der Waals surface area contributed by atoms with Gasteiger partial charge in [0.05, 0.1) is 0 Å². The van der Waals surface area contributed by atoms with E-state index < -0.39 is 7.92 Å². The first kappa shape index (κ1) is 14.6. The van der Waals surface area contributed by atoms with E-state index in [0.717, 1.165) is 25.2 Å². The zero-order chi connectivity index (χ0) is 12.8. The Balaban J connectivity index is 2.82.